The lowest BCUT2D eigenvalue weighted by atomic mass is 10.1. The first-order valence-corrected chi connectivity index (χ1v) is 3.26. The summed E-state index contributed by atoms with van der Waals surface area (Å²) in [4.78, 5) is 13.1. The Morgan fingerprint density at radius 2 is 1.85 bits per heavy atom. The van der Waals surface area contributed by atoms with Crippen molar-refractivity contribution in [1.29, 1.82) is 0 Å². The molecule has 1 aromatic heterocycles. The number of rotatable bonds is 1. The highest BCUT2D eigenvalue weighted by Crippen LogP contribution is 2.16. The van der Waals surface area contributed by atoms with E-state index in [4.69, 9.17) is 5.73 Å². The van der Waals surface area contributed by atoms with Crippen LogP contribution in [0.25, 0.3) is 0 Å². The second-order valence-corrected chi connectivity index (χ2v) is 2.37. The van der Waals surface area contributed by atoms with Crippen LogP contribution in [0.5, 0.6) is 0 Å². The summed E-state index contributed by atoms with van der Waals surface area (Å²) in [5.74, 6) is -5.53. The van der Waals surface area contributed by atoms with Crippen molar-refractivity contribution in [2.45, 2.75) is 6.92 Å². The summed E-state index contributed by atoms with van der Waals surface area (Å²) < 4.78 is 37.8. The van der Waals surface area contributed by atoms with Gasteiger partial charge in [-0.15, -0.1) is 0 Å². The van der Waals surface area contributed by atoms with Crippen LogP contribution in [0.2, 0.25) is 0 Å². The van der Waals surface area contributed by atoms with Crippen LogP contribution in [-0.2, 0) is 0 Å². The predicted molar refractivity (Wildman–Crippen MR) is 37.4 cm³/mol. The van der Waals surface area contributed by atoms with Crippen molar-refractivity contribution in [3.63, 3.8) is 0 Å². The number of nitrogens with two attached hydrogens (primary N) is 1. The molecule has 0 aliphatic heterocycles. The lowest BCUT2D eigenvalue weighted by Gasteiger charge is -2.03. The zero-order chi connectivity index (χ0) is 10.2. The van der Waals surface area contributed by atoms with Crippen LogP contribution in [0.3, 0.4) is 0 Å². The number of carbonyl (C=O) groups excluding carboxylic acids is 1. The normalized spacial score (nSPS) is 10.2. The van der Waals surface area contributed by atoms with Gasteiger partial charge in [0.05, 0.1) is 0 Å². The fourth-order valence-electron chi connectivity index (χ4n) is 0.897. The van der Waals surface area contributed by atoms with Gasteiger partial charge < -0.3 is 5.73 Å². The first-order chi connectivity index (χ1) is 5.95. The van der Waals surface area contributed by atoms with Crippen molar-refractivity contribution in [2.75, 3.05) is 0 Å². The smallest absolute Gasteiger partial charge is 0.253 e. The highest BCUT2D eigenvalue weighted by atomic mass is 19.2. The molecule has 1 rings (SSSR count). The molecule has 0 spiro atoms. The molecule has 1 heterocycles. The summed E-state index contributed by atoms with van der Waals surface area (Å²) in [7, 11) is 0. The largest absolute Gasteiger partial charge is 0.365 e. The molecule has 0 atom stereocenters. The minimum absolute atomic E-state index is 0.475. The third kappa shape index (κ3) is 1.47. The van der Waals surface area contributed by atoms with Gasteiger partial charge in [-0.1, -0.05) is 0 Å². The average molecular weight is 190 g/mol. The molecule has 1 amide bonds. The maximum absolute atomic E-state index is 12.7. The van der Waals surface area contributed by atoms with E-state index in [1.807, 2.05) is 0 Å². The van der Waals surface area contributed by atoms with E-state index in [1.54, 1.807) is 0 Å². The van der Waals surface area contributed by atoms with Gasteiger partial charge >= 0.3 is 0 Å². The molecule has 0 fully saturated rings. The number of aromatic nitrogens is 1. The minimum Gasteiger partial charge on any atom is -0.365 e. The van der Waals surface area contributed by atoms with E-state index in [2.05, 4.69) is 4.98 Å². The summed E-state index contributed by atoms with van der Waals surface area (Å²) >= 11 is 0. The van der Waals surface area contributed by atoms with Gasteiger partial charge in [0, 0.05) is 5.56 Å². The first-order valence-electron chi connectivity index (χ1n) is 3.26. The molecule has 1 aromatic rings. The van der Waals surface area contributed by atoms with Crippen LogP contribution in [0.1, 0.15) is 15.9 Å². The topological polar surface area (TPSA) is 56.0 Å². The van der Waals surface area contributed by atoms with Crippen LogP contribution in [0, 0.1) is 24.6 Å². The molecule has 13 heavy (non-hydrogen) atoms. The molecule has 2 N–H and O–H groups in total. The highest BCUT2D eigenvalue weighted by molar-refractivity contribution is 5.94. The van der Waals surface area contributed by atoms with E-state index in [0.29, 0.717) is 0 Å². The number of hydrogen-bond donors (Lipinski definition) is 1. The van der Waals surface area contributed by atoms with E-state index in [9.17, 15) is 18.0 Å². The van der Waals surface area contributed by atoms with Gasteiger partial charge in [-0.2, -0.15) is 13.8 Å². The zero-order valence-corrected chi connectivity index (χ0v) is 6.57. The van der Waals surface area contributed by atoms with Crippen LogP contribution in [-0.4, -0.2) is 10.9 Å². The molecule has 0 bridgehead atoms. The number of pyridine rings is 1. The van der Waals surface area contributed by atoms with Crippen molar-refractivity contribution in [3.8, 4) is 0 Å². The predicted octanol–water partition coefficient (Wildman–Crippen LogP) is 0.906. The van der Waals surface area contributed by atoms with Crippen LogP contribution in [0.15, 0.2) is 0 Å². The maximum Gasteiger partial charge on any atom is 0.253 e. The Morgan fingerprint density at radius 1 is 1.31 bits per heavy atom. The van der Waals surface area contributed by atoms with Crippen LogP contribution >= 0.6 is 0 Å². The molecule has 70 valence electrons. The number of halogens is 3. The molecule has 0 aliphatic rings. The molecular weight excluding hydrogens is 185 g/mol. The molecule has 0 aliphatic carbocycles. The molecule has 0 saturated carbocycles. The Balaban J connectivity index is 3.53. The Hall–Kier alpha value is -1.59. The summed E-state index contributed by atoms with van der Waals surface area (Å²) in [6.45, 7) is 1.04. The standard InChI is InChI=1S/C7H5F3N2O/c1-2-3(7(11)13)5(9)12-6(10)4(2)8/h1H3,(H2,11,13). The van der Waals surface area contributed by atoms with Gasteiger partial charge in [-0.05, 0) is 6.92 Å². The van der Waals surface area contributed by atoms with Crippen molar-refractivity contribution in [1.82, 2.24) is 4.98 Å². The Bertz CT molecular complexity index is 378. The summed E-state index contributed by atoms with van der Waals surface area (Å²) in [6, 6.07) is 0. The Morgan fingerprint density at radius 3 is 2.31 bits per heavy atom. The monoisotopic (exact) mass is 190 g/mol. The summed E-state index contributed by atoms with van der Waals surface area (Å²) in [5, 5.41) is 0. The first kappa shape index (κ1) is 9.50. The van der Waals surface area contributed by atoms with Crippen molar-refractivity contribution in [3.05, 3.63) is 28.8 Å². The van der Waals surface area contributed by atoms with E-state index < -0.39 is 34.7 Å². The zero-order valence-electron chi connectivity index (χ0n) is 6.57. The van der Waals surface area contributed by atoms with E-state index >= 15 is 0 Å². The van der Waals surface area contributed by atoms with Crippen molar-refractivity contribution < 1.29 is 18.0 Å². The maximum atomic E-state index is 12.7. The molecule has 6 heteroatoms. The number of nitrogens with zero attached hydrogens (tertiary/aromatic N) is 1. The van der Waals surface area contributed by atoms with Gasteiger partial charge in [-0.25, -0.2) is 4.39 Å². The van der Waals surface area contributed by atoms with E-state index in [0.717, 1.165) is 6.92 Å². The molecular formula is C7H5F3N2O. The quantitative estimate of drug-likeness (QED) is 0.669. The van der Waals surface area contributed by atoms with E-state index in [1.165, 1.54) is 0 Å². The molecule has 0 radical (unpaired) electrons. The van der Waals surface area contributed by atoms with Crippen molar-refractivity contribution in [2.24, 2.45) is 5.73 Å². The summed E-state index contributed by atoms with van der Waals surface area (Å²) in [5.41, 5.74) is 3.53. The minimum atomic E-state index is -1.58. The summed E-state index contributed by atoms with van der Waals surface area (Å²) in [6.07, 6.45) is 0. The lowest BCUT2D eigenvalue weighted by molar-refractivity contribution is 0.0994. The fourth-order valence-corrected chi connectivity index (χ4v) is 0.897. The number of primary amides is 1. The molecule has 0 unspecified atom stereocenters. The number of carbonyl (C=O) groups is 1. The average Bonchev–Trinajstić information content (AvgIpc) is 1.99. The van der Waals surface area contributed by atoms with Gasteiger partial charge in [0.15, 0.2) is 5.82 Å². The molecule has 3 nitrogen and oxygen atoms in total. The lowest BCUT2D eigenvalue weighted by Crippen LogP contribution is -2.18. The Kier molecular flexibility index (Phi) is 2.22. The SMILES string of the molecule is Cc1c(F)c(F)nc(F)c1C(N)=O. The van der Waals surface area contributed by atoms with Gasteiger partial charge in [-0.3, -0.25) is 4.79 Å². The van der Waals surface area contributed by atoms with E-state index in [-0.39, 0.29) is 0 Å². The molecule has 0 saturated heterocycles. The third-order valence-electron chi connectivity index (χ3n) is 1.53. The fraction of sp³-hybridized carbons (Fsp3) is 0.143. The van der Waals surface area contributed by atoms with Crippen LogP contribution < -0.4 is 5.73 Å². The van der Waals surface area contributed by atoms with Gasteiger partial charge in [0.1, 0.15) is 5.56 Å². The van der Waals surface area contributed by atoms with Crippen molar-refractivity contribution >= 4 is 5.91 Å². The number of hydrogen-bond acceptors (Lipinski definition) is 2. The molecule has 0 aromatic carbocycles. The van der Waals surface area contributed by atoms with Gasteiger partial charge in [0.25, 0.3) is 11.9 Å². The highest BCUT2D eigenvalue weighted by Gasteiger charge is 2.20. The third-order valence-corrected chi connectivity index (χ3v) is 1.53. The Labute approximate surface area is 71.4 Å². The number of amides is 1. The second kappa shape index (κ2) is 3.04. The second-order valence-electron chi connectivity index (χ2n) is 2.37. The van der Waals surface area contributed by atoms with Crippen LogP contribution in [0.4, 0.5) is 13.2 Å². The van der Waals surface area contributed by atoms with Gasteiger partial charge in [0.2, 0.25) is 5.95 Å².